The smallest absolute Gasteiger partial charge is 0.450 e. The van der Waals surface area contributed by atoms with Gasteiger partial charge in [-0.2, -0.15) is 5.10 Å². The molecular formula is C26H31ClN6O6S. The highest BCUT2D eigenvalue weighted by Gasteiger charge is 2.34. The molecule has 0 aromatic carbocycles. The number of amides is 2. The molecule has 14 heteroatoms. The van der Waals surface area contributed by atoms with Gasteiger partial charge in [-0.15, -0.1) is 11.3 Å². The van der Waals surface area contributed by atoms with Gasteiger partial charge in [0.2, 0.25) is 0 Å². The zero-order valence-corrected chi connectivity index (χ0v) is 23.8. The fraction of sp³-hybridized carbons (Fsp3) is 0.500. The molecule has 2 N–H and O–H groups in total. The third kappa shape index (κ3) is 6.31. The molecule has 40 heavy (non-hydrogen) atoms. The molecule has 1 unspecified atom stereocenters. The van der Waals surface area contributed by atoms with Crippen LogP contribution in [0.2, 0.25) is 4.34 Å². The molecule has 1 atom stereocenters. The summed E-state index contributed by atoms with van der Waals surface area (Å²) in [5.41, 5.74) is 0.733. The summed E-state index contributed by atoms with van der Waals surface area (Å²) < 4.78 is 12.4. The molecule has 2 amide bonds. The average Bonchev–Trinajstić information content (AvgIpc) is 3.71. The summed E-state index contributed by atoms with van der Waals surface area (Å²) in [6, 6.07) is 7.23. The van der Waals surface area contributed by atoms with Gasteiger partial charge in [0, 0.05) is 50.3 Å². The number of nitrogens with one attached hydrogen (secondary N) is 1. The van der Waals surface area contributed by atoms with Gasteiger partial charge in [-0.05, 0) is 45.2 Å². The van der Waals surface area contributed by atoms with Gasteiger partial charge in [0.1, 0.15) is 11.4 Å². The van der Waals surface area contributed by atoms with Crippen LogP contribution in [0.1, 0.15) is 66.2 Å². The van der Waals surface area contributed by atoms with E-state index in [-0.39, 0.29) is 29.9 Å². The van der Waals surface area contributed by atoms with Gasteiger partial charge in [-0.1, -0.05) is 16.8 Å². The summed E-state index contributed by atoms with van der Waals surface area (Å²) in [7, 11) is 0. The number of likely N-dealkylation sites (tertiary alicyclic amines) is 2. The van der Waals surface area contributed by atoms with Gasteiger partial charge in [-0.25, -0.2) is 4.79 Å². The molecule has 5 heterocycles. The molecule has 12 nitrogen and oxygen atoms in total. The van der Waals surface area contributed by atoms with Crippen LogP contribution in [0.5, 0.6) is 0 Å². The van der Waals surface area contributed by atoms with Crippen LogP contribution in [0, 0.1) is 0 Å². The Kier molecular flexibility index (Phi) is 8.43. The number of halogens is 1. The molecule has 0 radical (unpaired) electrons. The monoisotopic (exact) mass is 590 g/mol. The van der Waals surface area contributed by atoms with E-state index in [1.807, 2.05) is 6.07 Å². The Morgan fingerprint density at radius 2 is 1.98 bits per heavy atom. The number of hydrogen-bond donors (Lipinski definition) is 2. The molecule has 0 aliphatic carbocycles. The molecular weight excluding hydrogens is 560 g/mol. The fourth-order valence-corrected chi connectivity index (χ4v) is 6.09. The SMILES string of the molecule is CC(C)N1CCC(NC(=O)c2cc(C(=O)N3CCCC3OC(=O)O)nn2Cc2cc(-c3ccc(Cl)s3)on2)CC1. The normalized spacial score (nSPS) is 18.4. The van der Waals surface area contributed by atoms with Gasteiger partial charge in [0.15, 0.2) is 17.7 Å². The minimum atomic E-state index is -1.45. The van der Waals surface area contributed by atoms with Crippen LogP contribution < -0.4 is 5.32 Å². The van der Waals surface area contributed by atoms with Crippen molar-refractivity contribution < 1.29 is 28.8 Å². The number of carboxylic acid groups (broad SMARTS) is 1. The minimum absolute atomic E-state index is 0.000777. The van der Waals surface area contributed by atoms with Crippen molar-refractivity contribution in [3.8, 4) is 10.6 Å². The minimum Gasteiger partial charge on any atom is -0.450 e. The number of hydrogen-bond acceptors (Lipinski definition) is 9. The maximum atomic E-state index is 13.5. The summed E-state index contributed by atoms with van der Waals surface area (Å²) in [6.07, 6.45) is 0.294. The predicted octanol–water partition coefficient (Wildman–Crippen LogP) is 4.16. The quantitative estimate of drug-likeness (QED) is 0.370. The maximum absolute atomic E-state index is 13.5. The van der Waals surface area contributed by atoms with E-state index >= 15 is 0 Å². The van der Waals surface area contributed by atoms with Crippen molar-refractivity contribution >= 4 is 40.9 Å². The van der Waals surface area contributed by atoms with Gasteiger partial charge in [0.25, 0.3) is 11.8 Å². The summed E-state index contributed by atoms with van der Waals surface area (Å²) in [6.45, 7) is 6.50. The van der Waals surface area contributed by atoms with E-state index in [9.17, 15) is 14.4 Å². The zero-order valence-electron chi connectivity index (χ0n) is 22.2. The molecule has 3 aromatic rings. The van der Waals surface area contributed by atoms with Crippen molar-refractivity contribution in [3.05, 3.63) is 45.7 Å². The molecule has 2 aliphatic heterocycles. The highest BCUT2D eigenvalue weighted by Crippen LogP contribution is 2.31. The number of ether oxygens (including phenoxy) is 1. The van der Waals surface area contributed by atoms with E-state index in [2.05, 4.69) is 34.3 Å². The Bertz CT molecular complexity index is 1380. The lowest BCUT2D eigenvalue weighted by atomic mass is 10.0. The Morgan fingerprint density at radius 3 is 2.65 bits per heavy atom. The zero-order chi connectivity index (χ0) is 28.4. The lowest BCUT2D eigenvalue weighted by molar-refractivity contribution is -0.00734. The number of piperidine rings is 1. The van der Waals surface area contributed by atoms with Gasteiger partial charge < -0.3 is 29.5 Å². The Labute approximate surface area is 239 Å². The summed E-state index contributed by atoms with van der Waals surface area (Å²) >= 11 is 7.40. The van der Waals surface area contributed by atoms with Crippen molar-refractivity contribution in [3.63, 3.8) is 0 Å². The van der Waals surface area contributed by atoms with Gasteiger partial charge in [-0.3, -0.25) is 14.3 Å². The second-order valence-electron chi connectivity index (χ2n) is 10.2. The number of aromatic nitrogens is 3. The third-order valence-corrected chi connectivity index (χ3v) is 8.45. The molecule has 5 rings (SSSR count). The molecule has 2 saturated heterocycles. The summed E-state index contributed by atoms with van der Waals surface area (Å²) in [5.74, 6) is -0.317. The second-order valence-corrected chi connectivity index (χ2v) is 11.9. The van der Waals surface area contributed by atoms with Crippen molar-refractivity contribution in [1.29, 1.82) is 0 Å². The predicted molar refractivity (Wildman–Crippen MR) is 147 cm³/mol. The van der Waals surface area contributed by atoms with E-state index < -0.39 is 18.3 Å². The van der Waals surface area contributed by atoms with Crippen molar-refractivity contribution in [2.75, 3.05) is 19.6 Å². The highest BCUT2D eigenvalue weighted by atomic mass is 35.5. The topological polar surface area (TPSA) is 143 Å². The third-order valence-electron chi connectivity index (χ3n) is 7.21. The molecule has 2 aliphatic rings. The fourth-order valence-electron chi connectivity index (χ4n) is 5.10. The van der Waals surface area contributed by atoms with Crippen LogP contribution in [0.25, 0.3) is 10.6 Å². The van der Waals surface area contributed by atoms with E-state index in [4.69, 9.17) is 26.0 Å². The molecule has 214 valence electrons. The highest BCUT2D eigenvalue weighted by molar-refractivity contribution is 7.19. The van der Waals surface area contributed by atoms with Crippen LogP contribution >= 0.6 is 22.9 Å². The van der Waals surface area contributed by atoms with Crippen molar-refractivity contribution in [1.82, 2.24) is 30.1 Å². The number of rotatable bonds is 8. The number of nitrogens with zero attached hydrogens (tertiary/aromatic N) is 5. The van der Waals surface area contributed by atoms with Crippen molar-refractivity contribution in [2.45, 2.75) is 64.4 Å². The van der Waals surface area contributed by atoms with Crippen LogP contribution in [-0.2, 0) is 11.3 Å². The lowest BCUT2D eigenvalue weighted by Gasteiger charge is -2.34. The number of carbonyl (C=O) groups is 3. The van der Waals surface area contributed by atoms with Gasteiger partial charge >= 0.3 is 6.16 Å². The van der Waals surface area contributed by atoms with Crippen LogP contribution in [0.3, 0.4) is 0 Å². The van der Waals surface area contributed by atoms with E-state index in [0.717, 1.165) is 30.8 Å². The van der Waals surface area contributed by atoms with E-state index in [1.54, 1.807) is 12.1 Å². The van der Waals surface area contributed by atoms with E-state index in [1.165, 1.54) is 27.0 Å². The standard InChI is InChI=1S/C26H31ClN6O6S/c1-15(2)31-10-7-16(8-11-31)28-24(34)19-13-18(25(35)32-9-3-4-23(32)38-26(36)37)29-33(19)14-17-12-20(39-30-17)21-5-6-22(27)40-21/h5-6,12-13,15-16,23H,3-4,7-11,14H2,1-2H3,(H,28,34)(H,36,37). The second kappa shape index (κ2) is 12.0. The maximum Gasteiger partial charge on any atom is 0.507 e. The van der Waals surface area contributed by atoms with Crippen molar-refractivity contribution in [2.24, 2.45) is 0 Å². The van der Waals surface area contributed by atoms with Gasteiger partial charge in [0.05, 0.1) is 15.8 Å². The molecule has 0 bridgehead atoms. The van der Waals surface area contributed by atoms with Crippen LogP contribution in [0.15, 0.2) is 28.8 Å². The Balaban J connectivity index is 1.37. The van der Waals surface area contributed by atoms with Crippen LogP contribution in [0.4, 0.5) is 4.79 Å². The summed E-state index contributed by atoms with van der Waals surface area (Å²) in [5, 5.41) is 20.7. The first-order valence-electron chi connectivity index (χ1n) is 13.2. The first-order chi connectivity index (χ1) is 19.2. The average molecular weight is 591 g/mol. The Morgan fingerprint density at radius 1 is 1.20 bits per heavy atom. The summed E-state index contributed by atoms with van der Waals surface area (Å²) in [4.78, 5) is 42.4. The Hall–Kier alpha value is -3.42. The first-order valence-corrected chi connectivity index (χ1v) is 14.4. The molecule has 2 fully saturated rings. The molecule has 0 spiro atoms. The first kappa shape index (κ1) is 28.1. The van der Waals surface area contributed by atoms with Crippen LogP contribution in [-0.4, -0.2) is 85.8 Å². The lowest BCUT2D eigenvalue weighted by Crippen LogP contribution is -2.46. The molecule has 0 saturated carbocycles. The number of carbonyl (C=O) groups excluding carboxylic acids is 2. The number of thiophene rings is 1. The largest absolute Gasteiger partial charge is 0.507 e. The van der Waals surface area contributed by atoms with E-state index in [0.29, 0.717) is 41.2 Å². The molecule has 3 aromatic heterocycles.